The number of halogens is 1. The molecule has 0 saturated carbocycles. The van der Waals surface area contributed by atoms with Crippen molar-refractivity contribution in [1.82, 2.24) is 9.97 Å². The molecular formula is C20H19FN2OS2. The zero-order valence-corrected chi connectivity index (χ0v) is 16.5. The zero-order chi connectivity index (χ0) is 18.7. The number of Topliss-reactive ketones (excluding diaryl/α,β-unsaturated/α-hetero) is 1. The summed E-state index contributed by atoms with van der Waals surface area (Å²) < 4.78 is 13.0. The molecule has 0 aliphatic rings. The number of carbonyl (C=O) groups is 1. The zero-order valence-electron chi connectivity index (χ0n) is 14.9. The second kappa shape index (κ2) is 8.01. The third-order valence-electron chi connectivity index (χ3n) is 3.70. The van der Waals surface area contributed by atoms with Crippen LogP contribution in [0.2, 0.25) is 0 Å². The van der Waals surface area contributed by atoms with Crippen molar-refractivity contribution < 1.29 is 9.18 Å². The van der Waals surface area contributed by atoms with Crippen molar-refractivity contribution in [2.75, 3.05) is 0 Å². The van der Waals surface area contributed by atoms with E-state index in [0.29, 0.717) is 18.5 Å². The number of allylic oxidation sites excluding steroid dienone is 1. The normalized spacial score (nSPS) is 10.8. The largest absolute Gasteiger partial charge is 0.292 e. The maximum atomic E-state index is 13.0. The molecule has 0 aliphatic carbocycles. The van der Waals surface area contributed by atoms with Crippen LogP contribution in [0.3, 0.4) is 0 Å². The Morgan fingerprint density at radius 1 is 1.15 bits per heavy atom. The van der Waals surface area contributed by atoms with Crippen LogP contribution in [-0.2, 0) is 6.42 Å². The van der Waals surface area contributed by atoms with Gasteiger partial charge < -0.3 is 0 Å². The van der Waals surface area contributed by atoms with E-state index in [9.17, 15) is 9.18 Å². The van der Waals surface area contributed by atoms with Crippen molar-refractivity contribution >= 4 is 34.5 Å². The van der Waals surface area contributed by atoms with E-state index < -0.39 is 0 Å². The fourth-order valence-corrected chi connectivity index (χ4v) is 4.40. The molecule has 26 heavy (non-hydrogen) atoms. The van der Waals surface area contributed by atoms with Crippen LogP contribution >= 0.6 is 22.7 Å². The highest BCUT2D eigenvalue weighted by atomic mass is 32.1. The van der Waals surface area contributed by atoms with Gasteiger partial charge in [0.2, 0.25) is 0 Å². The van der Waals surface area contributed by atoms with E-state index in [0.717, 1.165) is 30.9 Å². The maximum Gasteiger partial charge on any atom is 0.183 e. The minimum Gasteiger partial charge on any atom is -0.292 e. The van der Waals surface area contributed by atoms with Crippen LogP contribution in [0.4, 0.5) is 4.39 Å². The number of ketones is 1. The molecule has 134 valence electrons. The van der Waals surface area contributed by atoms with Gasteiger partial charge in [0.1, 0.15) is 11.5 Å². The average Bonchev–Trinajstić information content (AvgIpc) is 3.20. The van der Waals surface area contributed by atoms with E-state index in [4.69, 9.17) is 0 Å². The summed E-state index contributed by atoms with van der Waals surface area (Å²) >= 11 is 3.07. The first-order valence-electron chi connectivity index (χ1n) is 8.28. The monoisotopic (exact) mass is 386 g/mol. The Balaban J connectivity index is 1.84. The quantitative estimate of drug-likeness (QED) is 0.491. The molecule has 0 saturated heterocycles. The summed E-state index contributed by atoms with van der Waals surface area (Å²) in [6.45, 7) is 6.00. The molecule has 0 unspecified atom stereocenters. The number of thiazole rings is 2. The number of rotatable bonds is 6. The van der Waals surface area contributed by atoms with Gasteiger partial charge in [-0.1, -0.05) is 17.7 Å². The lowest BCUT2D eigenvalue weighted by Gasteiger charge is -2.01. The second-order valence-electron chi connectivity index (χ2n) is 6.28. The fraction of sp³-hybridized carbons (Fsp3) is 0.250. The van der Waals surface area contributed by atoms with E-state index in [1.54, 1.807) is 23.5 Å². The fourth-order valence-electron chi connectivity index (χ4n) is 2.46. The molecule has 2 aromatic heterocycles. The average molecular weight is 387 g/mol. The molecule has 0 radical (unpaired) electrons. The second-order valence-corrected chi connectivity index (χ2v) is 8.54. The number of aryl methyl sites for hydroxylation is 2. The first-order valence-corrected chi connectivity index (χ1v) is 9.92. The van der Waals surface area contributed by atoms with Gasteiger partial charge in [0.25, 0.3) is 0 Å². The number of carbonyl (C=O) groups excluding carboxylic acids is 1. The van der Waals surface area contributed by atoms with Crippen molar-refractivity contribution in [1.29, 1.82) is 0 Å². The summed E-state index contributed by atoms with van der Waals surface area (Å²) in [6, 6.07) is 6.26. The predicted molar refractivity (Wildman–Crippen MR) is 106 cm³/mol. The Bertz CT molecular complexity index is 951. The van der Waals surface area contributed by atoms with Crippen LogP contribution < -0.4 is 0 Å². The van der Waals surface area contributed by atoms with Gasteiger partial charge in [-0.25, -0.2) is 14.4 Å². The van der Waals surface area contributed by atoms with Gasteiger partial charge in [0, 0.05) is 17.5 Å². The smallest absolute Gasteiger partial charge is 0.183 e. The number of nitrogens with zero attached hydrogens (tertiary/aromatic N) is 2. The van der Waals surface area contributed by atoms with Crippen molar-refractivity contribution in [3.63, 3.8) is 0 Å². The van der Waals surface area contributed by atoms with Gasteiger partial charge in [-0.3, -0.25) is 4.79 Å². The van der Waals surface area contributed by atoms with Crippen LogP contribution in [0.5, 0.6) is 0 Å². The molecule has 3 aromatic rings. The van der Waals surface area contributed by atoms with Crippen LogP contribution in [-0.4, -0.2) is 15.8 Å². The number of aromatic nitrogens is 2. The Kier molecular flexibility index (Phi) is 5.74. The summed E-state index contributed by atoms with van der Waals surface area (Å²) in [5.41, 5.74) is 2.55. The molecule has 3 nitrogen and oxygen atoms in total. The molecule has 0 spiro atoms. The minimum absolute atomic E-state index is 0.00222. The standard InChI is InChI=1S/C20H19FN2OS2/c1-12(2)10-17-18(23-20(26-17)19-22-11-13(3)25-19)16(24)9-6-14-4-7-15(21)8-5-14/h4-5,7-8,10-11H,6,9H2,1-3H3. The van der Waals surface area contributed by atoms with Gasteiger partial charge in [0.05, 0.1) is 4.88 Å². The molecule has 3 rings (SSSR count). The summed E-state index contributed by atoms with van der Waals surface area (Å²) in [6.07, 6.45) is 4.72. The van der Waals surface area contributed by atoms with Gasteiger partial charge in [-0.2, -0.15) is 0 Å². The van der Waals surface area contributed by atoms with E-state index in [-0.39, 0.29) is 11.6 Å². The van der Waals surface area contributed by atoms with E-state index in [2.05, 4.69) is 9.97 Å². The van der Waals surface area contributed by atoms with Crippen molar-refractivity contribution in [2.45, 2.75) is 33.6 Å². The molecule has 6 heteroatoms. The van der Waals surface area contributed by atoms with Gasteiger partial charge in [-0.05, 0) is 51.0 Å². The summed E-state index contributed by atoms with van der Waals surface area (Å²) in [7, 11) is 0. The first kappa shape index (κ1) is 18.6. The summed E-state index contributed by atoms with van der Waals surface area (Å²) in [4.78, 5) is 23.7. The number of benzene rings is 1. The molecule has 0 amide bonds. The molecule has 0 atom stereocenters. The van der Waals surface area contributed by atoms with E-state index in [1.165, 1.54) is 23.5 Å². The van der Waals surface area contributed by atoms with Crippen LogP contribution in [0.15, 0.2) is 36.0 Å². The van der Waals surface area contributed by atoms with Crippen LogP contribution in [0.1, 0.15) is 46.1 Å². The van der Waals surface area contributed by atoms with E-state index >= 15 is 0 Å². The lowest BCUT2D eigenvalue weighted by Crippen LogP contribution is -2.03. The molecule has 0 bridgehead atoms. The first-order chi connectivity index (χ1) is 12.4. The highest BCUT2D eigenvalue weighted by molar-refractivity contribution is 7.22. The maximum absolute atomic E-state index is 13.0. The molecular weight excluding hydrogens is 367 g/mol. The van der Waals surface area contributed by atoms with Gasteiger partial charge >= 0.3 is 0 Å². The molecule has 0 fully saturated rings. The van der Waals surface area contributed by atoms with Crippen molar-refractivity contribution in [2.24, 2.45) is 0 Å². The number of hydrogen-bond acceptors (Lipinski definition) is 5. The summed E-state index contributed by atoms with van der Waals surface area (Å²) in [5.74, 6) is -0.272. The van der Waals surface area contributed by atoms with Crippen molar-refractivity contribution in [3.05, 3.63) is 62.9 Å². The Morgan fingerprint density at radius 3 is 2.50 bits per heavy atom. The summed E-state index contributed by atoms with van der Waals surface area (Å²) in [5, 5.41) is 1.62. The molecule has 0 aliphatic heterocycles. The Morgan fingerprint density at radius 2 is 1.88 bits per heavy atom. The van der Waals surface area contributed by atoms with Gasteiger partial charge in [0.15, 0.2) is 15.8 Å². The Hall–Kier alpha value is -2.18. The third-order valence-corrected chi connectivity index (χ3v) is 5.75. The van der Waals surface area contributed by atoms with Gasteiger partial charge in [-0.15, -0.1) is 22.7 Å². The lowest BCUT2D eigenvalue weighted by molar-refractivity contribution is 0.0978. The van der Waals surface area contributed by atoms with E-state index in [1.807, 2.05) is 33.0 Å². The molecule has 2 heterocycles. The Labute approximate surface area is 160 Å². The highest BCUT2D eigenvalue weighted by Gasteiger charge is 2.19. The van der Waals surface area contributed by atoms with Crippen LogP contribution in [0, 0.1) is 12.7 Å². The molecule has 1 aromatic carbocycles. The van der Waals surface area contributed by atoms with Crippen molar-refractivity contribution in [3.8, 4) is 10.0 Å². The third kappa shape index (κ3) is 4.51. The lowest BCUT2D eigenvalue weighted by atomic mass is 10.1. The number of hydrogen-bond donors (Lipinski definition) is 0. The molecule has 0 N–H and O–H groups in total. The minimum atomic E-state index is -0.270. The highest BCUT2D eigenvalue weighted by Crippen LogP contribution is 2.33. The topological polar surface area (TPSA) is 42.9 Å². The predicted octanol–water partition coefficient (Wildman–Crippen LogP) is 5.95. The van der Waals surface area contributed by atoms with Crippen LogP contribution in [0.25, 0.3) is 16.1 Å². The SMILES string of the molecule is CC(C)=Cc1sc(-c2ncc(C)s2)nc1C(=O)CCc1ccc(F)cc1.